The SMILES string of the molecule is Cc1cccc(Sc2nccnc2N2CCCC(C(=O)N3CCN(c4ccc(F)cc4)CC3)C2)c1. The summed E-state index contributed by atoms with van der Waals surface area (Å²) in [5.41, 5.74) is 2.22. The Morgan fingerprint density at radius 3 is 2.51 bits per heavy atom. The molecule has 35 heavy (non-hydrogen) atoms. The molecule has 3 aromatic rings. The molecular formula is C27H30FN5OS. The third-order valence-corrected chi connectivity index (χ3v) is 7.67. The van der Waals surface area contributed by atoms with Crippen molar-refractivity contribution in [1.29, 1.82) is 0 Å². The molecule has 2 fully saturated rings. The largest absolute Gasteiger partial charge is 0.368 e. The summed E-state index contributed by atoms with van der Waals surface area (Å²) in [6.07, 6.45) is 5.32. The second-order valence-electron chi connectivity index (χ2n) is 9.18. The van der Waals surface area contributed by atoms with Gasteiger partial charge < -0.3 is 14.7 Å². The predicted molar refractivity (Wildman–Crippen MR) is 137 cm³/mol. The molecule has 1 aromatic heterocycles. The Labute approximate surface area is 210 Å². The molecule has 0 saturated carbocycles. The van der Waals surface area contributed by atoms with E-state index in [-0.39, 0.29) is 17.6 Å². The zero-order chi connectivity index (χ0) is 24.2. The minimum Gasteiger partial charge on any atom is -0.368 e. The number of hydrogen-bond acceptors (Lipinski definition) is 6. The Kier molecular flexibility index (Phi) is 7.18. The number of carbonyl (C=O) groups excluding carboxylic acids is 1. The van der Waals surface area contributed by atoms with Crippen LogP contribution >= 0.6 is 11.8 Å². The molecule has 2 aliphatic heterocycles. The van der Waals surface area contributed by atoms with E-state index in [4.69, 9.17) is 0 Å². The summed E-state index contributed by atoms with van der Waals surface area (Å²) in [6.45, 7) is 6.52. The van der Waals surface area contributed by atoms with Gasteiger partial charge in [0.1, 0.15) is 10.8 Å². The lowest BCUT2D eigenvalue weighted by Gasteiger charge is -2.40. The molecule has 2 aliphatic rings. The molecule has 1 amide bonds. The lowest BCUT2D eigenvalue weighted by atomic mass is 9.96. The van der Waals surface area contributed by atoms with Crippen LogP contribution in [0, 0.1) is 18.7 Å². The maximum atomic E-state index is 13.4. The van der Waals surface area contributed by atoms with Crippen LogP contribution in [0.15, 0.2) is 70.8 Å². The van der Waals surface area contributed by atoms with Gasteiger partial charge in [-0.3, -0.25) is 4.79 Å². The van der Waals surface area contributed by atoms with Crippen LogP contribution in [0.2, 0.25) is 0 Å². The number of rotatable bonds is 5. The summed E-state index contributed by atoms with van der Waals surface area (Å²) in [7, 11) is 0. The zero-order valence-corrected chi connectivity index (χ0v) is 20.8. The van der Waals surface area contributed by atoms with E-state index in [1.807, 2.05) is 4.90 Å². The Morgan fingerprint density at radius 1 is 0.971 bits per heavy atom. The average molecular weight is 492 g/mol. The summed E-state index contributed by atoms with van der Waals surface area (Å²) < 4.78 is 13.2. The second-order valence-corrected chi connectivity index (χ2v) is 10.2. The van der Waals surface area contributed by atoms with Gasteiger partial charge >= 0.3 is 0 Å². The first-order chi connectivity index (χ1) is 17.1. The molecular weight excluding hydrogens is 461 g/mol. The van der Waals surface area contributed by atoms with Crippen molar-refractivity contribution in [2.75, 3.05) is 49.1 Å². The predicted octanol–water partition coefficient (Wildman–Crippen LogP) is 4.64. The van der Waals surface area contributed by atoms with Gasteiger partial charge in [0.15, 0.2) is 5.82 Å². The highest BCUT2D eigenvalue weighted by molar-refractivity contribution is 7.99. The lowest BCUT2D eigenvalue weighted by molar-refractivity contribution is -0.136. The molecule has 182 valence electrons. The quantitative estimate of drug-likeness (QED) is 0.518. The van der Waals surface area contributed by atoms with Crippen LogP contribution < -0.4 is 9.80 Å². The average Bonchev–Trinajstić information content (AvgIpc) is 2.89. The molecule has 0 radical (unpaired) electrons. The van der Waals surface area contributed by atoms with Gasteiger partial charge in [-0.25, -0.2) is 14.4 Å². The molecule has 2 saturated heterocycles. The topological polar surface area (TPSA) is 52.6 Å². The molecule has 0 bridgehead atoms. The van der Waals surface area contributed by atoms with Crippen LogP contribution in [-0.2, 0) is 4.79 Å². The summed E-state index contributed by atoms with van der Waals surface area (Å²) >= 11 is 1.62. The van der Waals surface area contributed by atoms with Crippen LogP contribution in [0.1, 0.15) is 18.4 Å². The smallest absolute Gasteiger partial charge is 0.227 e. The Morgan fingerprint density at radius 2 is 1.74 bits per heavy atom. The summed E-state index contributed by atoms with van der Waals surface area (Å²) in [4.78, 5) is 30.3. The molecule has 0 aliphatic carbocycles. The van der Waals surface area contributed by atoms with Gasteiger partial charge in [0.2, 0.25) is 5.91 Å². The normalized spacial score (nSPS) is 18.6. The van der Waals surface area contributed by atoms with Crippen molar-refractivity contribution in [3.05, 3.63) is 72.3 Å². The summed E-state index contributed by atoms with van der Waals surface area (Å²) in [5, 5.41) is 0.874. The van der Waals surface area contributed by atoms with E-state index in [1.54, 1.807) is 36.3 Å². The highest BCUT2D eigenvalue weighted by Crippen LogP contribution is 2.34. The van der Waals surface area contributed by atoms with Crippen molar-refractivity contribution in [3.63, 3.8) is 0 Å². The zero-order valence-electron chi connectivity index (χ0n) is 19.9. The second kappa shape index (κ2) is 10.6. The number of aryl methyl sites for hydroxylation is 1. The molecule has 6 nitrogen and oxygen atoms in total. The standard InChI is InChI=1S/C27H30FN5OS/c1-20-4-2-6-24(18-20)35-26-25(29-11-12-30-26)33-13-3-5-21(19-33)27(34)32-16-14-31(15-17-32)23-9-7-22(28)8-10-23/h2,4,6-12,18,21H,3,5,13-17,19H2,1H3. The fourth-order valence-corrected chi connectivity index (χ4v) is 5.86. The van der Waals surface area contributed by atoms with Crippen molar-refractivity contribution in [1.82, 2.24) is 14.9 Å². The number of amides is 1. The van der Waals surface area contributed by atoms with Crippen LogP contribution in [0.5, 0.6) is 0 Å². The first kappa shape index (κ1) is 23.6. The highest BCUT2D eigenvalue weighted by atomic mass is 32.2. The molecule has 5 rings (SSSR count). The van der Waals surface area contributed by atoms with Crippen LogP contribution in [0.3, 0.4) is 0 Å². The first-order valence-electron chi connectivity index (χ1n) is 12.2. The van der Waals surface area contributed by atoms with Crippen LogP contribution in [-0.4, -0.2) is 60.0 Å². The fourth-order valence-electron chi connectivity index (χ4n) is 4.86. The minimum absolute atomic E-state index is 0.0417. The van der Waals surface area contributed by atoms with Gasteiger partial charge in [0, 0.05) is 62.2 Å². The number of halogens is 1. The summed E-state index contributed by atoms with van der Waals surface area (Å²) in [6, 6.07) is 15.0. The summed E-state index contributed by atoms with van der Waals surface area (Å²) in [5.74, 6) is 0.816. The number of anilines is 2. The third kappa shape index (κ3) is 5.59. The van der Waals surface area contributed by atoms with Gasteiger partial charge in [-0.05, 0) is 56.2 Å². The number of aromatic nitrogens is 2. The van der Waals surface area contributed by atoms with E-state index in [0.717, 1.165) is 53.9 Å². The van der Waals surface area contributed by atoms with E-state index < -0.39 is 0 Å². The molecule has 1 atom stereocenters. The van der Waals surface area contributed by atoms with Crippen LogP contribution in [0.25, 0.3) is 0 Å². The fraction of sp³-hybridized carbons (Fsp3) is 0.370. The van der Waals surface area contributed by atoms with Crippen molar-refractivity contribution >= 4 is 29.2 Å². The first-order valence-corrected chi connectivity index (χ1v) is 13.0. The van der Waals surface area contributed by atoms with E-state index in [2.05, 4.69) is 51.0 Å². The maximum Gasteiger partial charge on any atom is 0.227 e. The number of hydrogen-bond donors (Lipinski definition) is 0. The van der Waals surface area contributed by atoms with Crippen molar-refractivity contribution in [2.24, 2.45) is 5.92 Å². The number of piperazine rings is 1. The van der Waals surface area contributed by atoms with Gasteiger partial charge in [-0.2, -0.15) is 0 Å². The number of piperidine rings is 1. The van der Waals surface area contributed by atoms with Crippen molar-refractivity contribution in [2.45, 2.75) is 29.7 Å². The number of benzene rings is 2. The van der Waals surface area contributed by atoms with Gasteiger partial charge in [-0.15, -0.1) is 0 Å². The van der Waals surface area contributed by atoms with E-state index in [0.29, 0.717) is 19.6 Å². The highest BCUT2D eigenvalue weighted by Gasteiger charge is 2.32. The van der Waals surface area contributed by atoms with Crippen LogP contribution in [0.4, 0.5) is 15.9 Å². The Hall–Kier alpha value is -3.13. The van der Waals surface area contributed by atoms with Crippen molar-refractivity contribution < 1.29 is 9.18 Å². The van der Waals surface area contributed by atoms with E-state index >= 15 is 0 Å². The van der Waals surface area contributed by atoms with Gasteiger partial charge in [0.05, 0.1) is 5.92 Å². The Balaban J connectivity index is 1.23. The Bertz CT molecular complexity index is 1170. The molecule has 8 heteroatoms. The third-order valence-electron chi connectivity index (χ3n) is 6.70. The minimum atomic E-state index is -0.229. The number of carbonyl (C=O) groups is 1. The van der Waals surface area contributed by atoms with Crippen molar-refractivity contribution in [3.8, 4) is 0 Å². The van der Waals surface area contributed by atoms with E-state index in [1.165, 1.54) is 17.7 Å². The van der Waals surface area contributed by atoms with Gasteiger partial charge in [0.25, 0.3) is 0 Å². The van der Waals surface area contributed by atoms with Gasteiger partial charge in [-0.1, -0.05) is 29.5 Å². The molecule has 0 spiro atoms. The molecule has 3 heterocycles. The lowest BCUT2D eigenvalue weighted by Crippen LogP contribution is -2.52. The maximum absolute atomic E-state index is 13.4. The molecule has 2 aromatic carbocycles. The molecule has 0 N–H and O–H groups in total. The monoisotopic (exact) mass is 491 g/mol. The molecule has 1 unspecified atom stereocenters. The van der Waals surface area contributed by atoms with E-state index in [9.17, 15) is 9.18 Å². The number of nitrogens with zero attached hydrogens (tertiary/aromatic N) is 5.